The Morgan fingerprint density at radius 1 is 1.15 bits per heavy atom. The minimum Gasteiger partial charge on any atom is -0.320 e. The maximum Gasteiger partial charge on any atom is 0.169 e. The number of aromatic nitrogens is 2. The summed E-state index contributed by atoms with van der Waals surface area (Å²) in [5.74, 6) is 0.876. The number of hydrogen-bond donors (Lipinski definition) is 0. The third kappa shape index (κ3) is 4.18. The van der Waals surface area contributed by atoms with Crippen LogP contribution in [0.5, 0.6) is 0 Å². The zero-order valence-electron chi connectivity index (χ0n) is 14.6. The van der Waals surface area contributed by atoms with Crippen molar-refractivity contribution < 1.29 is 4.79 Å². The Morgan fingerprint density at radius 2 is 1.88 bits per heavy atom. The van der Waals surface area contributed by atoms with Crippen molar-refractivity contribution in [1.29, 1.82) is 0 Å². The van der Waals surface area contributed by atoms with Gasteiger partial charge in [-0.3, -0.25) is 4.79 Å². The number of nitrogens with zero attached hydrogens (tertiary/aromatic N) is 2. The number of unbranched alkanes of at least 4 members (excludes halogenated alkanes) is 1. The first-order valence-electron chi connectivity index (χ1n) is 8.68. The van der Waals surface area contributed by atoms with Gasteiger partial charge in [-0.25, -0.2) is 4.98 Å². The topological polar surface area (TPSA) is 34.9 Å². The van der Waals surface area contributed by atoms with Gasteiger partial charge in [-0.15, -0.1) is 0 Å². The summed E-state index contributed by atoms with van der Waals surface area (Å²) in [4.78, 5) is 15.8. The number of aldehydes is 1. The molecular weight excluding hydrogens is 459 g/mol. The summed E-state index contributed by atoms with van der Waals surface area (Å²) in [5.41, 5.74) is 3.99. The van der Waals surface area contributed by atoms with Crippen LogP contribution in [-0.2, 0) is 13.0 Å². The molecule has 0 saturated carbocycles. The number of hydrogen-bond acceptors (Lipinski definition) is 2. The largest absolute Gasteiger partial charge is 0.320 e. The molecule has 1 aromatic heterocycles. The lowest BCUT2D eigenvalue weighted by Gasteiger charge is -2.11. The van der Waals surface area contributed by atoms with Gasteiger partial charge in [0.15, 0.2) is 11.4 Å². The lowest BCUT2D eigenvalue weighted by atomic mass is 10.0. The van der Waals surface area contributed by atoms with Gasteiger partial charge in [0.25, 0.3) is 0 Å². The fourth-order valence-electron chi connectivity index (χ4n) is 2.96. The van der Waals surface area contributed by atoms with Crippen LogP contribution in [-0.4, -0.2) is 15.8 Å². The monoisotopic (exact) mass is 478 g/mol. The fourth-order valence-corrected chi connectivity index (χ4v) is 3.91. The van der Waals surface area contributed by atoms with Gasteiger partial charge in [-0.2, -0.15) is 0 Å². The van der Waals surface area contributed by atoms with Crippen molar-refractivity contribution in [3.63, 3.8) is 0 Å². The van der Waals surface area contributed by atoms with E-state index in [1.807, 2.05) is 10.6 Å². The van der Waals surface area contributed by atoms with Gasteiger partial charge < -0.3 is 4.57 Å². The minimum atomic E-state index is 0.293. The summed E-state index contributed by atoms with van der Waals surface area (Å²) < 4.78 is 3.16. The number of carbonyl (C=O) groups is 1. The first kappa shape index (κ1) is 19.1. The second kappa shape index (κ2) is 8.82. The van der Waals surface area contributed by atoms with Gasteiger partial charge >= 0.3 is 0 Å². The average Bonchev–Trinajstić information content (AvgIpc) is 2.95. The van der Waals surface area contributed by atoms with Crippen LogP contribution in [0.3, 0.4) is 0 Å². The molecular formula is C21H20ClIN2O. The molecule has 0 aliphatic rings. The van der Waals surface area contributed by atoms with Crippen LogP contribution < -0.4 is 0 Å². The molecule has 0 bridgehead atoms. The van der Waals surface area contributed by atoms with Crippen LogP contribution in [0.2, 0.25) is 5.15 Å². The van der Waals surface area contributed by atoms with E-state index in [0.29, 0.717) is 17.4 Å². The fraction of sp³-hybridized carbons (Fsp3) is 0.238. The molecule has 2 aromatic carbocycles. The molecule has 3 nitrogen and oxygen atoms in total. The van der Waals surface area contributed by atoms with Crippen molar-refractivity contribution in [2.45, 2.75) is 32.7 Å². The number of halogens is 2. The number of aryl methyl sites for hydroxylation is 1. The highest BCUT2D eigenvalue weighted by atomic mass is 127. The maximum atomic E-state index is 11.5. The van der Waals surface area contributed by atoms with Crippen molar-refractivity contribution in [2.75, 3.05) is 0 Å². The predicted octanol–water partition coefficient (Wildman–Crippen LogP) is 6.01. The Kier molecular flexibility index (Phi) is 6.48. The van der Waals surface area contributed by atoms with E-state index in [-0.39, 0.29) is 0 Å². The summed E-state index contributed by atoms with van der Waals surface area (Å²) in [7, 11) is 0. The molecule has 3 aromatic rings. The van der Waals surface area contributed by atoms with E-state index in [4.69, 9.17) is 11.6 Å². The second-order valence-corrected chi connectivity index (χ2v) is 7.71. The number of benzene rings is 2. The second-order valence-electron chi connectivity index (χ2n) is 6.19. The van der Waals surface area contributed by atoms with Crippen molar-refractivity contribution in [1.82, 2.24) is 9.55 Å². The van der Waals surface area contributed by atoms with Crippen molar-refractivity contribution in [3.8, 4) is 11.1 Å². The van der Waals surface area contributed by atoms with Gasteiger partial charge in [-0.1, -0.05) is 67.4 Å². The van der Waals surface area contributed by atoms with Crippen molar-refractivity contribution in [3.05, 3.63) is 74.3 Å². The molecule has 26 heavy (non-hydrogen) atoms. The number of rotatable bonds is 7. The van der Waals surface area contributed by atoms with Gasteiger partial charge in [-0.05, 0) is 51.8 Å². The van der Waals surface area contributed by atoms with Crippen LogP contribution in [0.1, 0.15) is 41.6 Å². The van der Waals surface area contributed by atoms with Crippen LogP contribution in [0.4, 0.5) is 0 Å². The first-order valence-corrected chi connectivity index (χ1v) is 10.1. The normalized spacial score (nSPS) is 10.9. The Bertz CT molecular complexity index is 903. The molecule has 0 amide bonds. The third-order valence-corrected chi connectivity index (χ3v) is 5.60. The minimum absolute atomic E-state index is 0.293. The lowest BCUT2D eigenvalue weighted by Crippen LogP contribution is -2.08. The maximum absolute atomic E-state index is 11.5. The molecule has 0 radical (unpaired) electrons. The van der Waals surface area contributed by atoms with Crippen LogP contribution in [0.25, 0.3) is 11.1 Å². The van der Waals surface area contributed by atoms with E-state index in [0.717, 1.165) is 36.9 Å². The summed E-state index contributed by atoms with van der Waals surface area (Å²) in [6.45, 7) is 2.73. The molecule has 0 fully saturated rings. The highest BCUT2D eigenvalue weighted by Gasteiger charge is 2.15. The Labute approximate surface area is 172 Å². The van der Waals surface area contributed by atoms with Gasteiger partial charge in [0.1, 0.15) is 11.5 Å². The quantitative estimate of drug-likeness (QED) is 0.308. The molecule has 5 heteroatoms. The number of carbonyl (C=O) groups excluding carboxylic acids is 1. The highest BCUT2D eigenvalue weighted by Crippen LogP contribution is 2.26. The molecule has 3 rings (SSSR count). The summed E-state index contributed by atoms with van der Waals surface area (Å²) in [6, 6.07) is 16.8. The Morgan fingerprint density at radius 3 is 2.54 bits per heavy atom. The van der Waals surface area contributed by atoms with E-state index in [9.17, 15) is 4.79 Å². The molecule has 0 unspecified atom stereocenters. The van der Waals surface area contributed by atoms with E-state index >= 15 is 0 Å². The van der Waals surface area contributed by atoms with Gasteiger partial charge in [0.2, 0.25) is 0 Å². The molecule has 0 spiro atoms. The van der Waals surface area contributed by atoms with E-state index < -0.39 is 0 Å². The molecule has 0 aliphatic heterocycles. The highest BCUT2D eigenvalue weighted by molar-refractivity contribution is 14.1. The smallest absolute Gasteiger partial charge is 0.169 e. The van der Waals surface area contributed by atoms with Crippen LogP contribution >= 0.6 is 34.2 Å². The van der Waals surface area contributed by atoms with Crippen molar-refractivity contribution >= 4 is 40.5 Å². The Balaban J connectivity index is 1.88. The first-order chi connectivity index (χ1) is 12.6. The van der Waals surface area contributed by atoms with Crippen LogP contribution in [0.15, 0.2) is 48.5 Å². The molecule has 0 saturated heterocycles. The summed E-state index contributed by atoms with van der Waals surface area (Å²) in [5, 5.41) is 0.293. The van der Waals surface area contributed by atoms with Crippen LogP contribution in [0, 0.1) is 3.57 Å². The van der Waals surface area contributed by atoms with Gasteiger partial charge in [0, 0.05) is 16.5 Å². The van der Waals surface area contributed by atoms with E-state index in [1.165, 1.54) is 14.7 Å². The number of imidazole rings is 1. The van der Waals surface area contributed by atoms with E-state index in [2.05, 4.69) is 77.0 Å². The SMILES string of the molecule is CCCCc1nc(Cl)c(C=O)n1Cc1ccc(-c2ccccc2I)cc1. The van der Waals surface area contributed by atoms with Crippen molar-refractivity contribution in [2.24, 2.45) is 0 Å². The third-order valence-electron chi connectivity index (χ3n) is 4.39. The zero-order chi connectivity index (χ0) is 18.5. The molecule has 0 atom stereocenters. The van der Waals surface area contributed by atoms with Gasteiger partial charge in [0.05, 0.1) is 0 Å². The predicted molar refractivity (Wildman–Crippen MR) is 115 cm³/mol. The molecule has 0 aliphatic carbocycles. The standard InChI is InChI=1S/C21H20ClIN2O/c1-2-3-8-20-24-21(22)19(14-26)25(20)13-15-9-11-16(12-10-15)17-6-4-5-7-18(17)23/h4-7,9-12,14H,2-3,8,13H2,1H3. The molecule has 1 heterocycles. The Hall–Kier alpha value is -1.66. The molecule has 134 valence electrons. The lowest BCUT2D eigenvalue weighted by molar-refractivity contribution is 0.111. The average molecular weight is 479 g/mol. The summed E-state index contributed by atoms with van der Waals surface area (Å²) in [6.07, 6.45) is 3.72. The molecule has 0 N–H and O–H groups in total. The zero-order valence-corrected chi connectivity index (χ0v) is 17.5. The van der Waals surface area contributed by atoms with E-state index in [1.54, 1.807) is 0 Å². The summed E-state index contributed by atoms with van der Waals surface area (Å²) >= 11 is 8.51.